The van der Waals surface area contributed by atoms with Gasteiger partial charge in [-0.05, 0) is 31.2 Å². The van der Waals surface area contributed by atoms with Gasteiger partial charge in [0.15, 0.2) is 0 Å². The summed E-state index contributed by atoms with van der Waals surface area (Å²) >= 11 is 1.64. The van der Waals surface area contributed by atoms with Gasteiger partial charge >= 0.3 is 0 Å². The Morgan fingerprint density at radius 3 is 2.78 bits per heavy atom. The number of nitrogens with zero attached hydrogens (tertiary/aromatic N) is 1. The third kappa shape index (κ3) is 3.87. The molecule has 0 radical (unpaired) electrons. The zero-order valence-corrected chi connectivity index (χ0v) is 13.7. The quantitative estimate of drug-likeness (QED) is 0.736. The molecule has 1 amide bonds. The molecule has 0 saturated heterocycles. The number of aromatic nitrogens is 1. The van der Waals surface area contributed by atoms with Crippen LogP contribution in [0.15, 0.2) is 48.5 Å². The number of hydrogen-bond donors (Lipinski definition) is 1. The molecule has 3 rings (SSSR count). The Hall–Kier alpha value is -2.40. The minimum absolute atomic E-state index is 0.0311. The Morgan fingerprint density at radius 1 is 1.17 bits per heavy atom. The first-order valence-electron chi connectivity index (χ1n) is 7.62. The number of benzene rings is 2. The zero-order valence-electron chi connectivity index (χ0n) is 12.9. The Balaban J connectivity index is 1.61. The Bertz CT molecular complexity index is 780. The second kappa shape index (κ2) is 7.24. The number of aryl methyl sites for hydroxylation is 1. The molecule has 0 aliphatic heterocycles. The zero-order chi connectivity index (χ0) is 16.1. The fourth-order valence-corrected chi connectivity index (χ4v) is 3.28. The number of thiazole rings is 1. The topological polar surface area (TPSA) is 51.2 Å². The van der Waals surface area contributed by atoms with E-state index in [2.05, 4.69) is 16.4 Å². The van der Waals surface area contributed by atoms with Gasteiger partial charge in [0, 0.05) is 12.8 Å². The van der Waals surface area contributed by atoms with Crippen LogP contribution in [0.25, 0.3) is 10.2 Å². The Labute approximate surface area is 139 Å². The van der Waals surface area contributed by atoms with Crippen molar-refractivity contribution in [1.29, 1.82) is 0 Å². The van der Waals surface area contributed by atoms with E-state index in [0.717, 1.165) is 15.2 Å². The molecule has 0 aliphatic carbocycles. The van der Waals surface area contributed by atoms with E-state index in [1.807, 2.05) is 49.4 Å². The van der Waals surface area contributed by atoms with E-state index in [1.54, 1.807) is 11.3 Å². The summed E-state index contributed by atoms with van der Waals surface area (Å²) in [7, 11) is 0. The molecule has 0 fully saturated rings. The average molecular weight is 326 g/mol. The maximum absolute atomic E-state index is 12.2. The van der Waals surface area contributed by atoms with E-state index in [0.29, 0.717) is 30.9 Å². The van der Waals surface area contributed by atoms with Crippen molar-refractivity contribution in [3.63, 3.8) is 0 Å². The van der Waals surface area contributed by atoms with E-state index in [9.17, 15) is 4.79 Å². The lowest BCUT2D eigenvalue weighted by Crippen LogP contribution is -2.13. The second-order valence-corrected chi connectivity index (χ2v) is 6.17. The first-order valence-corrected chi connectivity index (χ1v) is 8.44. The normalized spacial score (nSPS) is 10.7. The highest BCUT2D eigenvalue weighted by molar-refractivity contribution is 7.18. The number of fused-ring (bicyclic) bond motifs is 1. The molecular weight excluding hydrogens is 308 g/mol. The predicted octanol–water partition coefficient (Wildman–Crippen LogP) is 4.27. The highest BCUT2D eigenvalue weighted by atomic mass is 32.1. The van der Waals surface area contributed by atoms with Crippen LogP contribution in [-0.4, -0.2) is 17.5 Å². The molecule has 5 heteroatoms. The average Bonchev–Trinajstić information content (AvgIpc) is 2.98. The van der Waals surface area contributed by atoms with Crippen LogP contribution in [0.2, 0.25) is 0 Å². The fourth-order valence-electron chi connectivity index (χ4n) is 2.31. The highest BCUT2D eigenvalue weighted by Gasteiger charge is 2.09. The molecule has 1 heterocycles. The molecule has 1 aromatic heterocycles. The van der Waals surface area contributed by atoms with Crippen molar-refractivity contribution in [2.24, 2.45) is 0 Å². The van der Waals surface area contributed by atoms with Crippen LogP contribution in [0.5, 0.6) is 5.75 Å². The number of carbonyl (C=O) groups is 1. The van der Waals surface area contributed by atoms with Crippen molar-refractivity contribution in [2.45, 2.75) is 19.8 Å². The number of rotatable bonds is 6. The van der Waals surface area contributed by atoms with E-state index < -0.39 is 0 Å². The molecular formula is C18H18N2O2S. The van der Waals surface area contributed by atoms with Crippen molar-refractivity contribution in [3.05, 3.63) is 53.5 Å². The van der Waals surface area contributed by atoms with Crippen molar-refractivity contribution >= 4 is 33.1 Å². The standard InChI is InChI=1S/C18H18N2O2S/c1-2-22-15-9-5-3-7-13(15)19-17(21)11-12-18-20-14-8-4-6-10-16(14)23-18/h3-10H,2,11-12H2,1H3,(H,19,21). The maximum atomic E-state index is 12.2. The minimum atomic E-state index is -0.0311. The summed E-state index contributed by atoms with van der Waals surface area (Å²) < 4.78 is 6.67. The van der Waals surface area contributed by atoms with Crippen LogP contribution in [-0.2, 0) is 11.2 Å². The van der Waals surface area contributed by atoms with Crippen molar-refractivity contribution in [2.75, 3.05) is 11.9 Å². The molecule has 1 N–H and O–H groups in total. The molecule has 0 bridgehead atoms. The molecule has 2 aromatic carbocycles. The van der Waals surface area contributed by atoms with E-state index in [4.69, 9.17) is 4.74 Å². The highest BCUT2D eigenvalue weighted by Crippen LogP contribution is 2.25. The molecule has 4 nitrogen and oxygen atoms in total. The van der Waals surface area contributed by atoms with Gasteiger partial charge in [0.05, 0.1) is 27.5 Å². The molecule has 0 spiro atoms. The summed E-state index contributed by atoms with van der Waals surface area (Å²) in [6.45, 7) is 2.49. The minimum Gasteiger partial charge on any atom is -0.492 e. The SMILES string of the molecule is CCOc1ccccc1NC(=O)CCc1nc2ccccc2s1. The maximum Gasteiger partial charge on any atom is 0.224 e. The number of hydrogen-bond acceptors (Lipinski definition) is 4. The summed E-state index contributed by atoms with van der Waals surface area (Å²) in [6, 6.07) is 15.5. The molecule has 0 aliphatic rings. The summed E-state index contributed by atoms with van der Waals surface area (Å²) in [5.41, 5.74) is 1.71. The number of anilines is 1. The fraction of sp³-hybridized carbons (Fsp3) is 0.222. The number of ether oxygens (including phenoxy) is 1. The number of amides is 1. The van der Waals surface area contributed by atoms with Gasteiger partial charge in [-0.1, -0.05) is 24.3 Å². The van der Waals surface area contributed by atoms with Gasteiger partial charge in [-0.3, -0.25) is 4.79 Å². The summed E-state index contributed by atoms with van der Waals surface area (Å²) in [6.07, 6.45) is 1.04. The van der Waals surface area contributed by atoms with Crippen LogP contribution < -0.4 is 10.1 Å². The lowest BCUT2D eigenvalue weighted by molar-refractivity contribution is -0.116. The number of carbonyl (C=O) groups excluding carboxylic acids is 1. The van der Waals surface area contributed by atoms with Crippen LogP contribution in [0.3, 0.4) is 0 Å². The smallest absolute Gasteiger partial charge is 0.224 e. The number of nitrogens with one attached hydrogen (secondary N) is 1. The van der Waals surface area contributed by atoms with Gasteiger partial charge < -0.3 is 10.1 Å². The summed E-state index contributed by atoms with van der Waals surface area (Å²) in [4.78, 5) is 16.7. The van der Waals surface area contributed by atoms with E-state index >= 15 is 0 Å². The van der Waals surface area contributed by atoms with Gasteiger partial charge in [0.2, 0.25) is 5.91 Å². The third-order valence-corrected chi connectivity index (χ3v) is 4.46. The monoisotopic (exact) mass is 326 g/mol. The van der Waals surface area contributed by atoms with Crippen LogP contribution >= 0.6 is 11.3 Å². The second-order valence-electron chi connectivity index (χ2n) is 5.05. The molecule has 118 valence electrons. The third-order valence-electron chi connectivity index (χ3n) is 3.37. The molecule has 0 unspecified atom stereocenters. The van der Waals surface area contributed by atoms with Crippen molar-refractivity contribution in [3.8, 4) is 5.75 Å². The molecule has 23 heavy (non-hydrogen) atoms. The predicted molar refractivity (Wildman–Crippen MR) is 94.2 cm³/mol. The molecule has 0 atom stereocenters. The van der Waals surface area contributed by atoms with E-state index in [-0.39, 0.29) is 5.91 Å². The van der Waals surface area contributed by atoms with Crippen molar-refractivity contribution in [1.82, 2.24) is 4.98 Å². The van der Waals surface area contributed by atoms with Gasteiger partial charge in [-0.25, -0.2) is 4.98 Å². The summed E-state index contributed by atoms with van der Waals surface area (Å²) in [5, 5.41) is 3.90. The Morgan fingerprint density at radius 2 is 1.96 bits per heavy atom. The van der Waals surface area contributed by atoms with E-state index in [1.165, 1.54) is 0 Å². The summed E-state index contributed by atoms with van der Waals surface area (Å²) in [5.74, 6) is 0.666. The largest absolute Gasteiger partial charge is 0.492 e. The lowest BCUT2D eigenvalue weighted by atomic mass is 10.2. The van der Waals surface area contributed by atoms with Crippen LogP contribution in [0.4, 0.5) is 5.69 Å². The molecule has 0 saturated carbocycles. The first-order chi connectivity index (χ1) is 11.3. The lowest BCUT2D eigenvalue weighted by Gasteiger charge is -2.10. The van der Waals surface area contributed by atoms with Crippen LogP contribution in [0.1, 0.15) is 18.4 Å². The number of para-hydroxylation sites is 3. The first kappa shape index (κ1) is 15.5. The van der Waals surface area contributed by atoms with Crippen LogP contribution in [0, 0.1) is 0 Å². The van der Waals surface area contributed by atoms with Gasteiger partial charge in [-0.2, -0.15) is 0 Å². The Kier molecular flexibility index (Phi) is 4.88. The van der Waals surface area contributed by atoms with Crippen molar-refractivity contribution < 1.29 is 9.53 Å². The van der Waals surface area contributed by atoms with Gasteiger partial charge in [0.25, 0.3) is 0 Å². The van der Waals surface area contributed by atoms with Gasteiger partial charge in [0.1, 0.15) is 5.75 Å². The molecule has 3 aromatic rings. The van der Waals surface area contributed by atoms with Gasteiger partial charge in [-0.15, -0.1) is 11.3 Å².